The van der Waals surface area contributed by atoms with Crippen LogP contribution in [0.1, 0.15) is 43.3 Å². The number of amides is 2. The molecule has 5 heteroatoms. The van der Waals surface area contributed by atoms with Crippen LogP contribution in [0.15, 0.2) is 0 Å². The maximum Gasteiger partial charge on any atom is 0.259 e. The van der Waals surface area contributed by atoms with E-state index in [1.807, 2.05) is 0 Å². The predicted molar refractivity (Wildman–Crippen MR) is 62.9 cm³/mol. The summed E-state index contributed by atoms with van der Waals surface area (Å²) in [5.74, 6) is -0.703. The van der Waals surface area contributed by atoms with Crippen molar-refractivity contribution in [2.45, 2.75) is 25.7 Å². The number of rotatable bonds is 2. The molecule has 4 nitrogen and oxygen atoms in total. The quantitative estimate of drug-likeness (QED) is 0.809. The molecule has 0 spiro atoms. The maximum absolute atomic E-state index is 11.8. The second-order valence-electron chi connectivity index (χ2n) is 3.86. The molecule has 86 valence electrons. The molecule has 1 heterocycles. The minimum absolute atomic E-state index is 0.201. The normalized spacial score (nSPS) is 14.3. The number of carbonyl (C=O) groups is 2. The summed E-state index contributed by atoms with van der Waals surface area (Å²) in [4.78, 5) is 24.6. The van der Waals surface area contributed by atoms with Crippen LogP contribution in [-0.4, -0.2) is 18.9 Å². The van der Waals surface area contributed by atoms with Crippen molar-refractivity contribution in [2.75, 3.05) is 7.05 Å². The van der Waals surface area contributed by atoms with Crippen LogP contribution in [0.25, 0.3) is 0 Å². The molecule has 3 N–H and O–H groups in total. The molecule has 0 aliphatic heterocycles. The van der Waals surface area contributed by atoms with Gasteiger partial charge in [0, 0.05) is 11.9 Å². The van der Waals surface area contributed by atoms with Crippen molar-refractivity contribution in [2.24, 2.45) is 5.73 Å². The Balaban J connectivity index is 2.57. The molecule has 0 bridgehead atoms. The average Bonchev–Trinajstić information content (AvgIpc) is 2.67. The van der Waals surface area contributed by atoms with E-state index in [4.69, 9.17) is 5.73 Å². The Kier molecular flexibility index (Phi) is 2.96. The van der Waals surface area contributed by atoms with Gasteiger partial charge >= 0.3 is 0 Å². The molecule has 2 amide bonds. The fourth-order valence-corrected chi connectivity index (χ4v) is 3.34. The molecule has 1 aliphatic rings. The second-order valence-corrected chi connectivity index (χ2v) is 4.96. The molecule has 0 fully saturated rings. The largest absolute Gasteiger partial charge is 0.365 e. The van der Waals surface area contributed by atoms with Crippen LogP contribution >= 0.6 is 11.3 Å². The number of fused-ring (bicyclic) bond motifs is 1. The van der Waals surface area contributed by atoms with Gasteiger partial charge in [-0.25, -0.2) is 0 Å². The molecular formula is C11H14N2O2S. The molecule has 0 aromatic carbocycles. The lowest BCUT2D eigenvalue weighted by atomic mass is 9.94. The molecule has 0 saturated carbocycles. The van der Waals surface area contributed by atoms with Crippen molar-refractivity contribution < 1.29 is 9.59 Å². The fourth-order valence-electron chi connectivity index (χ4n) is 2.10. The van der Waals surface area contributed by atoms with Crippen molar-refractivity contribution in [3.05, 3.63) is 20.9 Å². The van der Waals surface area contributed by atoms with Crippen LogP contribution < -0.4 is 11.1 Å². The number of hydrogen-bond acceptors (Lipinski definition) is 3. The minimum Gasteiger partial charge on any atom is -0.365 e. The van der Waals surface area contributed by atoms with E-state index < -0.39 is 5.91 Å². The van der Waals surface area contributed by atoms with Crippen molar-refractivity contribution in [3.8, 4) is 0 Å². The minimum atomic E-state index is -0.502. The summed E-state index contributed by atoms with van der Waals surface area (Å²) in [6, 6.07) is 0. The van der Waals surface area contributed by atoms with Gasteiger partial charge in [0.05, 0.1) is 5.56 Å². The summed E-state index contributed by atoms with van der Waals surface area (Å²) >= 11 is 1.38. The zero-order valence-corrected chi connectivity index (χ0v) is 9.95. The average molecular weight is 238 g/mol. The number of nitrogens with two attached hydrogens (primary N) is 1. The number of thiophene rings is 1. The Morgan fingerprint density at radius 1 is 1.31 bits per heavy atom. The fraction of sp³-hybridized carbons (Fsp3) is 0.455. The first-order valence-corrected chi connectivity index (χ1v) is 6.13. The predicted octanol–water partition coefficient (Wildman–Crippen LogP) is 1.09. The number of carbonyl (C=O) groups excluding carboxylic acids is 2. The summed E-state index contributed by atoms with van der Waals surface area (Å²) in [5.41, 5.74) is 6.85. The van der Waals surface area contributed by atoms with Crippen molar-refractivity contribution in [1.82, 2.24) is 5.32 Å². The van der Waals surface area contributed by atoms with Crippen LogP contribution in [0, 0.1) is 0 Å². The molecule has 0 atom stereocenters. The van der Waals surface area contributed by atoms with E-state index in [0.717, 1.165) is 36.1 Å². The Bertz CT molecular complexity index is 451. The van der Waals surface area contributed by atoms with Crippen LogP contribution in [0.5, 0.6) is 0 Å². The molecule has 0 saturated heterocycles. The molecule has 16 heavy (non-hydrogen) atoms. The number of aryl methyl sites for hydroxylation is 1. The lowest BCUT2D eigenvalue weighted by Gasteiger charge is -2.11. The standard InChI is InChI=1S/C11H14N2O2S/c1-13-11(15)8-6-4-2-3-5-7(6)16-9(8)10(12)14/h2-5H2,1H3,(H2,12,14)(H,13,15). The molecule has 0 radical (unpaired) electrons. The third-order valence-electron chi connectivity index (χ3n) is 2.85. The van der Waals surface area contributed by atoms with Gasteiger partial charge in [-0.2, -0.15) is 0 Å². The van der Waals surface area contributed by atoms with E-state index >= 15 is 0 Å². The van der Waals surface area contributed by atoms with E-state index in [0.29, 0.717) is 10.4 Å². The number of primary amides is 1. The highest BCUT2D eigenvalue weighted by Gasteiger charge is 2.26. The number of hydrogen-bond donors (Lipinski definition) is 2. The van der Waals surface area contributed by atoms with Gasteiger partial charge in [-0.1, -0.05) is 0 Å². The van der Waals surface area contributed by atoms with E-state index in [2.05, 4.69) is 5.32 Å². The molecule has 2 rings (SSSR count). The molecule has 1 aliphatic carbocycles. The third kappa shape index (κ3) is 1.71. The first-order chi connectivity index (χ1) is 7.65. The van der Waals surface area contributed by atoms with Crippen molar-refractivity contribution in [3.63, 3.8) is 0 Å². The maximum atomic E-state index is 11.8. The van der Waals surface area contributed by atoms with Gasteiger partial charge in [-0.15, -0.1) is 11.3 Å². The number of nitrogens with one attached hydrogen (secondary N) is 1. The highest BCUT2D eigenvalue weighted by atomic mass is 32.1. The molecular weight excluding hydrogens is 224 g/mol. The van der Waals surface area contributed by atoms with Crippen LogP contribution in [0.4, 0.5) is 0 Å². The van der Waals surface area contributed by atoms with Gasteiger partial charge in [0.1, 0.15) is 4.88 Å². The highest BCUT2D eigenvalue weighted by Crippen LogP contribution is 2.34. The summed E-state index contributed by atoms with van der Waals surface area (Å²) in [6.07, 6.45) is 4.03. The van der Waals surface area contributed by atoms with E-state index in [-0.39, 0.29) is 5.91 Å². The first kappa shape index (κ1) is 11.1. The monoisotopic (exact) mass is 238 g/mol. The van der Waals surface area contributed by atoms with Gasteiger partial charge in [0.2, 0.25) is 0 Å². The van der Waals surface area contributed by atoms with E-state index in [9.17, 15) is 9.59 Å². The molecule has 0 unspecified atom stereocenters. The second kappa shape index (κ2) is 4.25. The highest BCUT2D eigenvalue weighted by molar-refractivity contribution is 7.14. The Hall–Kier alpha value is -1.36. The summed E-state index contributed by atoms with van der Waals surface area (Å²) < 4.78 is 0. The Morgan fingerprint density at radius 3 is 2.62 bits per heavy atom. The van der Waals surface area contributed by atoms with Crippen LogP contribution in [-0.2, 0) is 12.8 Å². The molecule has 1 aromatic heterocycles. The Labute approximate surface area is 97.8 Å². The smallest absolute Gasteiger partial charge is 0.259 e. The SMILES string of the molecule is CNC(=O)c1c(C(N)=O)sc2c1CCCC2. The van der Waals surface area contributed by atoms with Gasteiger partial charge in [-0.3, -0.25) is 9.59 Å². The van der Waals surface area contributed by atoms with Crippen LogP contribution in [0.3, 0.4) is 0 Å². The van der Waals surface area contributed by atoms with Crippen molar-refractivity contribution in [1.29, 1.82) is 0 Å². The summed E-state index contributed by atoms with van der Waals surface area (Å²) in [7, 11) is 1.57. The third-order valence-corrected chi connectivity index (χ3v) is 4.16. The van der Waals surface area contributed by atoms with Gasteiger partial charge in [0.15, 0.2) is 0 Å². The van der Waals surface area contributed by atoms with Gasteiger partial charge in [0.25, 0.3) is 11.8 Å². The van der Waals surface area contributed by atoms with Gasteiger partial charge in [-0.05, 0) is 31.2 Å². The Morgan fingerprint density at radius 2 is 2.00 bits per heavy atom. The topological polar surface area (TPSA) is 72.2 Å². The van der Waals surface area contributed by atoms with E-state index in [1.165, 1.54) is 11.3 Å². The van der Waals surface area contributed by atoms with Crippen molar-refractivity contribution >= 4 is 23.2 Å². The zero-order valence-electron chi connectivity index (χ0n) is 9.13. The first-order valence-electron chi connectivity index (χ1n) is 5.31. The molecule has 1 aromatic rings. The summed E-state index contributed by atoms with van der Waals surface area (Å²) in [6.45, 7) is 0. The lowest BCUT2D eigenvalue weighted by molar-refractivity contribution is 0.0945. The lowest BCUT2D eigenvalue weighted by Crippen LogP contribution is -2.23. The van der Waals surface area contributed by atoms with Gasteiger partial charge < -0.3 is 11.1 Å². The van der Waals surface area contributed by atoms with Crippen LogP contribution in [0.2, 0.25) is 0 Å². The van der Waals surface area contributed by atoms with E-state index in [1.54, 1.807) is 7.05 Å². The summed E-state index contributed by atoms with van der Waals surface area (Å²) in [5, 5.41) is 2.57. The zero-order chi connectivity index (χ0) is 11.7.